The quantitative estimate of drug-likeness (QED) is 0.322. The van der Waals surface area contributed by atoms with Crippen LogP contribution in [0.2, 0.25) is 0 Å². The van der Waals surface area contributed by atoms with E-state index in [1.54, 1.807) is 13.8 Å². The number of Topliss-reactive ketones (excluding diaryl/α,β-unsaturated/α-hetero) is 1. The minimum absolute atomic E-state index is 0.130. The molecule has 0 aliphatic carbocycles. The second-order valence-electron chi connectivity index (χ2n) is 4.07. The highest BCUT2D eigenvalue weighted by atomic mass is 31.2. The number of hydrogen-bond acceptors (Lipinski definition) is 9. The smallest absolute Gasteiger partial charge is 0.338 e. The normalized spacial score (nSPS) is 19.3. The lowest BCUT2D eigenvalue weighted by Gasteiger charge is -2.18. The van der Waals surface area contributed by atoms with E-state index in [0.29, 0.717) is 0 Å². The van der Waals surface area contributed by atoms with Gasteiger partial charge < -0.3 is 18.6 Å². The summed E-state index contributed by atoms with van der Waals surface area (Å²) in [6.45, 7) is 3.41. The number of nitrogens with zero attached hydrogens (tertiary/aromatic N) is 1. The Morgan fingerprint density at radius 1 is 1.43 bits per heavy atom. The third-order valence-corrected chi connectivity index (χ3v) is 4.62. The molecule has 1 heterocycles. The lowest BCUT2D eigenvalue weighted by atomic mass is 10.1. The zero-order valence-corrected chi connectivity index (χ0v) is 12.7. The van der Waals surface area contributed by atoms with Crippen LogP contribution in [0.5, 0.6) is 0 Å². The van der Waals surface area contributed by atoms with E-state index in [1.807, 2.05) is 0 Å². The predicted octanol–water partition coefficient (Wildman–Crippen LogP) is 0.485. The Morgan fingerprint density at radius 2 is 2.05 bits per heavy atom. The van der Waals surface area contributed by atoms with Gasteiger partial charge in [-0.05, 0) is 13.8 Å². The number of ether oxygens (including phenoxy) is 1. The first-order valence-corrected chi connectivity index (χ1v) is 8.12. The number of rotatable bonds is 10. The van der Waals surface area contributed by atoms with Gasteiger partial charge in [0.25, 0.3) is 0 Å². The topological polar surface area (TPSA) is 108 Å². The molecular formula is C11H18NO8P. The van der Waals surface area contributed by atoms with Crippen LogP contribution in [0.3, 0.4) is 0 Å². The summed E-state index contributed by atoms with van der Waals surface area (Å²) in [4.78, 5) is 38.3. The summed E-state index contributed by atoms with van der Waals surface area (Å²) in [5.41, 5.74) is 0. The zero-order valence-electron chi connectivity index (χ0n) is 11.9. The molecule has 1 atom stereocenters. The summed E-state index contributed by atoms with van der Waals surface area (Å²) in [5, 5.41) is 0.944. The van der Waals surface area contributed by atoms with Gasteiger partial charge in [0.2, 0.25) is 0 Å². The predicted molar refractivity (Wildman–Crippen MR) is 69.1 cm³/mol. The fraction of sp³-hybridized carbons (Fsp3) is 0.727. The molecule has 0 spiro atoms. The van der Waals surface area contributed by atoms with Crippen LogP contribution in [0.15, 0.2) is 0 Å². The van der Waals surface area contributed by atoms with E-state index in [2.05, 4.69) is 9.57 Å². The minimum Gasteiger partial charge on any atom is -0.445 e. The van der Waals surface area contributed by atoms with Crippen LogP contribution in [0.1, 0.15) is 20.3 Å². The highest BCUT2D eigenvalue weighted by Crippen LogP contribution is 2.48. The molecule has 10 heteroatoms. The maximum Gasteiger partial charge on any atom is 0.338 e. The first-order chi connectivity index (χ1) is 9.95. The van der Waals surface area contributed by atoms with Crippen molar-refractivity contribution in [2.75, 3.05) is 26.1 Å². The number of hydroxylamine groups is 2. The second-order valence-corrected chi connectivity index (χ2v) is 6.13. The van der Waals surface area contributed by atoms with Crippen LogP contribution < -0.4 is 0 Å². The summed E-state index contributed by atoms with van der Waals surface area (Å²) in [7, 11) is -3.52. The first-order valence-electron chi connectivity index (χ1n) is 6.39. The number of carbonyl (C=O) groups excluding carboxylic acids is 3. The van der Waals surface area contributed by atoms with Gasteiger partial charge in [-0.1, -0.05) is 5.06 Å². The van der Waals surface area contributed by atoms with Crippen molar-refractivity contribution in [2.24, 2.45) is 0 Å². The maximum atomic E-state index is 12.2. The van der Waals surface area contributed by atoms with Crippen molar-refractivity contribution < 1.29 is 37.6 Å². The van der Waals surface area contributed by atoms with Gasteiger partial charge in [0.1, 0.15) is 11.9 Å². The molecule has 0 radical (unpaired) electrons. The Morgan fingerprint density at radius 3 is 2.57 bits per heavy atom. The Balaban J connectivity index is 2.64. The molecule has 21 heavy (non-hydrogen) atoms. The van der Waals surface area contributed by atoms with E-state index in [-0.39, 0.29) is 32.8 Å². The Bertz CT molecular complexity index is 430. The van der Waals surface area contributed by atoms with Crippen LogP contribution in [-0.2, 0) is 37.6 Å². The molecule has 1 saturated heterocycles. The number of cyclic esters (lactones) is 1. The van der Waals surface area contributed by atoms with Crippen molar-refractivity contribution in [3.05, 3.63) is 0 Å². The van der Waals surface area contributed by atoms with Crippen LogP contribution in [-0.4, -0.2) is 55.4 Å². The van der Waals surface area contributed by atoms with Crippen LogP contribution in [0.4, 0.5) is 0 Å². The molecule has 0 aromatic carbocycles. The van der Waals surface area contributed by atoms with Crippen molar-refractivity contribution in [2.45, 2.75) is 26.3 Å². The van der Waals surface area contributed by atoms with Gasteiger partial charge in [0, 0.05) is 6.42 Å². The highest BCUT2D eigenvalue weighted by Gasteiger charge is 2.39. The Labute approximate surface area is 121 Å². The second kappa shape index (κ2) is 8.23. The summed E-state index contributed by atoms with van der Waals surface area (Å²) in [6, 6.07) is -1.04. The Kier molecular flexibility index (Phi) is 6.97. The fourth-order valence-electron chi connectivity index (χ4n) is 1.79. The molecule has 1 aliphatic rings. The molecule has 9 nitrogen and oxygen atoms in total. The zero-order chi connectivity index (χ0) is 15.9. The average molecular weight is 323 g/mol. The van der Waals surface area contributed by atoms with Crippen LogP contribution >= 0.6 is 7.60 Å². The highest BCUT2D eigenvalue weighted by molar-refractivity contribution is 7.54. The van der Waals surface area contributed by atoms with Gasteiger partial charge in [0.15, 0.2) is 12.8 Å². The number of ketones is 1. The lowest BCUT2D eigenvalue weighted by Crippen LogP contribution is -2.35. The molecule has 0 aromatic heterocycles. The van der Waals surface area contributed by atoms with Gasteiger partial charge in [-0.15, -0.1) is 0 Å². The molecule has 1 aliphatic heterocycles. The molecule has 0 aromatic rings. The van der Waals surface area contributed by atoms with E-state index in [4.69, 9.17) is 9.05 Å². The number of esters is 1. The third kappa shape index (κ3) is 5.20. The SMILES string of the molecule is CCOP(=O)(CC(=O)C[C@@H]1C(=O)OCN1OC=O)OCC. The van der Waals surface area contributed by atoms with Crippen molar-refractivity contribution >= 4 is 25.8 Å². The molecule has 0 amide bonds. The van der Waals surface area contributed by atoms with Gasteiger partial charge in [-0.25, -0.2) is 0 Å². The summed E-state index contributed by atoms with van der Waals surface area (Å²) in [6.07, 6.45) is -0.760. The molecule has 1 rings (SSSR count). The lowest BCUT2D eigenvalue weighted by molar-refractivity contribution is -0.184. The van der Waals surface area contributed by atoms with Crippen molar-refractivity contribution in [3.8, 4) is 0 Å². The van der Waals surface area contributed by atoms with E-state index < -0.39 is 31.6 Å². The van der Waals surface area contributed by atoms with E-state index in [0.717, 1.165) is 5.06 Å². The van der Waals surface area contributed by atoms with Crippen LogP contribution in [0, 0.1) is 0 Å². The Hall–Kier alpha value is -1.28. The molecule has 0 saturated carbocycles. The number of hydrogen-bond donors (Lipinski definition) is 0. The van der Waals surface area contributed by atoms with Crippen molar-refractivity contribution in [1.29, 1.82) is 0 Å². The van der Waals surface area contributed by atoms with Gasteiger partial charge in [-0.3, -0.25) is 18.9 Å². The molecule has 0 N–H and O–H groups in total. The fourth-order valence-corrected chi connectivity index (χ4v) is 3.40. The maximum absolute atomic E-state index is 12.2. The van der Waals surface area contributed by atoms with Crippen LogP contribution in [0.25, 0.3) is 0 Å². The van der Waals surface area contributed by atoms with E-state index in [9.17, 15) is 18.9 Å². The molecule has 1 fully saturated rings. The van der Waals surface area contributed by atoms with Gasteiger partial charge in [0.05, 0.1) is 13.2 Å². The first kappa shape index (κ1) is 17.8. The van der Waals surface area contributed by atoms with Gasteiger partial charge in [-0.2, -0.15) is 0 Å². The monoisotopic (exact) mass is 323 g/mol. The van der Waals surface area contributed by atoms with Gasteiger partial charge >= 0.3 is 20.0 Å². The summed E-state index contributed by atoms with van der Waals surface area (Å²) in [5.74, 6) is -1.20. The van der Waals surface area contributed by atoms with E-state index >= 15 is 0 Å². The standard InChI is InChI=1S/C11H18NO8P/c1-3-19-21(16,20-4-2)6-9(14)5-10-11(15)17-7-12(10)18-8-13/h8,10H,3-7H2,1-2H3/t10-/m1/s1. The average Bonchev–Trinajstić information content (AvgIpc) is 2.72. The van der Waals surface area contributed by atoms with E-state index in [1.165, 1.54) is 0 Å². The minimum atomic E-state index is -3.52. The third-order valence-electron chi connectivity index (χ3n) is 2.57. The molecule has 0 unspecified atom stereocenters. The molecule has 0 bridgehead atoms. The van der Waals surface area contributed by atoms with Crippen molar-refractivity contribution in [1.82, 2.24) is 5.06 Å². The number of carbonyl (C=O) groups is 3. The largest absolute Gasteiger partial charge is 0.445 e. The molecule has 120 valence electrons. The summed E-state index contributed by atoms with van der Waals surface area (Å²) < 4.78 is 26.9. The summed E-state index contributed by atoms with van der Waals surface area (Å²) >= 11 is 0. The van der Waals surface area contributed by atoms with Crippen molar-refractivity contribution in [3.63, 3.8) is 0 Å². The molecular weight excluding hydrogens is 305 g/mol.